The Morgan fingerprint density at radius 3 is 1.84 bits per heavy atom. The van der Waals surface area contributed by atoms with E-state index in [0.717, 1.165) is 5.57 Å². The SMILES string of the molecule is C#CC1=C(/C=C(\C)C(C)CCC)S2(c3cc(C)ccc31)c1cc(C(C)C)ccc1-c1ccc(C(C)C)cc12. The molecule has 2 aliphatic rings. The van der Waals surface area contributed by atoms with Crippen LogP contribution in [0.2, 0.25) is 0 Å². The van der Waals surface area contributed by atoms with Crippen LogP contribution >= 0.6 is 10.0 Å². The van der Waals surface area contributed by atoms with Gasteiger partial charge in [-0.15, -0.1) is 16.5 Å². The summed E-state index contributed by atoms with van der Waals surface area (Å²) in [6.07, 6.45) is 11.3. The Bertz CT molecular complexity index is 1460. The lowest BCUT2D eigenvalue weighted by molar-refractivity contribution is 0.601. The minimum atomic E-state index is -1.72. The lowest BCUT2D eigenvalue weighted by atomic mass is 9.96. The fourth-order valence-electron chi connectivity index (χ4n) is 6.15. The first-order chi connectivity index (χ1) is 18.1. The highest BCUT2D eigenvalue weighted by Gasteiger charge is 2.49. The summed E-state index contributed by atoms with van der Waals surface area (Å²) in [5.41, 5.74) is 10.6. The average Bonchev–Trinajstić information content (AvgIpc) is 3.33. The number of hydrogen-bond acceptors (Lipinski definition) is 0. The molecular formula is C37H42S. The van der Waals surface area contributed by atoms with Crippen molar-refractivity contribution in [2.75, 3.05) is 0 Å². The lowest BCUT2D eigenvalue weighted by Gasteiger charge is -2.38. The summed E-state index contributed by atoms with van der Waals surface area (Å²) in [4.78, 5) is 5.73. The van der Waals surface area contributed by atoms with E-state index in [1.54, 1.807) is 0 Å². The molecule has 5 rings (SSSR count). The molecule has 0 amide bonds. The number of rotatable bonds is 6. The van der Waals surface area contributed by atoms with Gasteiger partial charge in [0.05, 0.1) is 0 Å². The Labute approximate surface area is 232 Å². The number of benzene rings is 3. The molecule has 0 aromatic heterocycles. The summed E-state index contributed by atoms with van der Waals surface area (Å²) in [5, 5.41) is 0. The highest BCUT2D eigenvalue weighted by Crippen LogP contribution is 2.84. The van der Waals surface area contributed by atoms with Crippen LogP contribution in [0, 0.1) is 25.2 Å². The molecule has 38 heavy (non-hydrogen) atoms. The van der Waals surface area contributed by atoms with Gasteiger partial charge in [0.15, 0.2) is 0 Å². The standard InChI is InChI=1S/C37H42S/c1-10-12-26(8)27(9)20-35-30(11-2)31-16-13-25(7)19-34(31)38(35)36-21-28(23(3)4)14-17-32(36)33-18-15-29(24(5)6)22-37(33)38/h2,13-24,26H,10,12H2,1,3-9H3/b27-20+. The molecule has 0 fully saturated rings. The van der Waals surface area contributed by atoms with E-state index in [1.807, 2.05) is 0 Å². The topological polar surface area (TPSA) is 0 Å². The molecule has 0 bridgehead atoms. The maximum Gasteiger partial charge on any atom is 0.0456 e. The van der Waals surface area contributed by atoms with E-state index in [4.69, 9.17) is 6.42 Å². The van der Waals surface area contributed by atoms with Gasteiger partial charge >= 0.3 is 0 Å². The van der Waals surface area contributed by atoms with Crippen LogP contribution in [0.3, 0.4) is 0 Å². The predicted molar refractivity (Wildman–Crippen MR) is 167 cm³/mol. The maximum atomic E-state index is 6.41. The Kier molecular flexibility index (Phi) is 7.00. The maximum absolute atomic E-state index is 6.41. The van der Waals surface area contributed by atoms with Crippen LogP contribution in [0.1, 0.15) is 95.4 Å². The number of hydrogen-bond donors (Lipinski definition) is 0. The van der Waals surface area contributed by atoms with Crippen molar-refractivity contribution >= 4 is 15.6 Å². The molecule has 2 aliphatic heterocycles. The van der Waals surface area contributed by atoms with Gasteiger partial charge in [-0.3, -0.25) is 0 Å². The quantitative estimate of drug-likeness (QED) is 0.285. The number of terminal acetylenes is 1. The molecule has 0 saturated heterocycles. The number of fused-ring (bicyclic) bond motifs is 7. The Balaban J connectivity index is 1.97. The third-order valence-electron chi connectivity index (χ3n) is 8.61. The van der Waals surface area contributed by atoms with Crippen LogP contribution in [-0.4, -0.2) is 0 Å². The van der Waals surface area contributed by atoms with E-state index in [1.165, 1.54) is 71.4 Å². The van der Waals surface area contributed by atoms with E-state index < -0.39 is 10.0 Å². The zero-order valence-corrected chi connectivity index (χ0v) is 25.2. The first-order valence-corrected chi connectivity index (χ1v) is 15.9. The van der Waals surface area contributed by atoms with Crippen LogP contribution in [0.5, 0.6) is 0 Å². The van der Waals surface area contributed by atoms with Gasteiger partial charge in [-0.25, -0.2) is 0 Å². The summed E-state index contributed by atoms with van der Waals surface area (Å²) in [5.74, 6) is 4.66. The number of allylic oxidation sites excluding steroid dienone is 3. The molecule has 196 valence electrons. The van der Waals surface area contributed by atoms with E-state index in [-0.39, 0.29) is 0 Å². The highest BCUT2D eigenvalue weighted by molar-refractivity contribution is 8.37. The second kappa shape index (κ2) is 9.98. The van der Waals surface area contributed by atoms with Gasteiger partial charge in [0.2, 0.25) is 0 Å². The molecule has 1 unspecified atom stereocenters. The Hall–Kier alpha value is -2.95. The summed E-state index contributed by atoms with van der Waals surface area (Å²) in [6.45, 7) is 18.4. The monoisotopic (exact) mass is 518 g/mol. The van der Waals surface area contributed by atoms with Crippen molar-refractivity contribution < 1.29 is 0 Å². The molecule has 1 spiro atoms. The fraction of sp³-hybridized carbons (Fsp3) is 0.351. The van der Waals surface area contributed by atoms with E-state index in [2.05, 4.69) is 122 Å². The van der Waals surface area contributed by atoms with Gasteiger partial charge in [0, 0.05) is 30.7 Å². The normalized spacial score (nSPS) is 17.0. The molecule has 2 heterocycles. The van der Waals surface area contributed by atoms with Crippen LogP contribution in [0.25, 0.3) is 16.7 Å². The largest absolute Gasteiger partial charge is 0.130 e. The first kappa shape index (κ1) is 26.6. The summed E-state index contributed by atoms with van der Waals surface area (Å²) in [7, 11) is -1.72. The zero-order chi connectivity index (χ0) is 27.4. The van der Waals surface area contributed by atoms with Crippen molar-refractivity contribution in [1.82, 2.24) is 0 Å². The summed E-state index contributed by atoms with van der Waals surface area (Å²) < 4.78 is 0. The van der Waals surface area contributed by atoms with Crippen molar-refractivity contribution in [2.45, 2.75) is 94.8 Å². The summed E-state index contributed by atoms with van der Waals surface area (Å²) >= 11 is 0. The summed E-state index contributed by atoms with van der Waals surface area (Å²) in [6, 6.07) is 21.5. The molecule has 1 atom stereocenters. The van der Waals surface area contributed by atoms with Crippen LogP contribution in [0.4, 0.5) is 0 Å². The second-order valence-corrected chi connectivity index (χ2v) is 14.9. The third kappa shape index (κ3) is 3.92. The zero-order valence-electron chi connectivity index (χ0n) is 24.4. The van der Waals surface area contributed by atoms with Crippen molar-refractivity contribution in [2.24, 2.45) is 5.92 Å². The van der Waals surface area contributed by atoms with Crippen LogP contribution in [-0.2, 0) is 0 Å². The Morgan fingerprint density at radius 1 is 0.816 bits per heavy atom. The van der Waals surface area contributed by atoms with Gasteiger partial charge in [0.1, 0.15) is 0 Å². The predicted octanol–water partition coefficient (Wildman–Crippen LogP) is 11.2. The van der Waals surface area contributed by atoms with Gasteiger partial charge in [0.25, 0.3) is 0 Å². The van der Waals surface area contributed by atoms with E-state index in [0.29, 0.717) is 17.8 Å². The van der Waals surface area contributed by atoms with E-state index in [9.17, 15) is 0 Å². The Morgan fingerprint density at radius 2 is 1.34 bits per heavy atom. The minimum Gasteiger partial charge on any atom is -0.130 e. The molecule has 0 saturated carbocycles. The molecule has 1 heteroatoms. The smallest absolute Gasteiger partial charge is 0.0456 e. The highest BCUT2D eigenvalue weighted by atomic mass is 32.3. The first-order valence-electron chi connectivity index (χ1n) is 14.3. The van der Waals surface area contributed by atoms with Crippen molar-refractivity contribution in [3.8, 4) is 23.5 Å². The van der Waals surface area contributed by atoms with Crippen LogP contribution < -0.4 is 0 Å². The molecule has 0 aliphatic carbocycles. The second-order valence-electron chi connectivity index (χ2n) is 11.9. The molecule has 0 N–H and O–H groups in total. The number of aryl methyl sites for hydroxylation is 1. The van der Waals surface area contributed by atoms with Crippen molar-refractivity contribution in [1.29, 1.82) is 0 Å². The van der Waals surface area contributed by atoms with Crippen molar-refractivity contribution in [3.05, 3.63) is 93.4 Å². The van der Waals surface area contributed by atoms with Gasteiger partial charge in [-0.2, -0.15) is 0 Å². The van der Waals surface area contributed by atoms with Gasteiger partial charge in [-0.05, 0) is 90.1 Å². The van der Waals surface area contributed by atoms with E-state index >= 15 is 0 Å². The minimum absolute atomic E-state index is 0.464. The fourth-order valence-corrected chi connectivity index (χ4v) is 10.9. The average molecular weight is 519 g/mol. The molecule has 3 aromatic carbocycles. The van der Waals surface area contributed by atoms with Gasteiger partial charge in [-0.1, -0.05) is 95.9 Å². The lowest BCUT2D eigenvalue weighted by Crippen LogP contribution is -2.04. The van der Waals surface area contributed by atoms with Gasteiger partial charge < -0.3 is 0 Å². The van der Waals surface area contributed by atoms with Crippen molar-refractivity contribution in [3.63, 3.8) is 0 Å². The molecular weight excluding hydrogens is 476 g/mol. The third-order valence-corrected chi connectivity index (χ3v) is 12.6. The molecule has 0 radical (unpaired) electrons. The molecule has 3 aromatic rings. The van der Waals surface area contributed by atoms with Crippen LogP contribution in [0.15, 0.2) is 85.8 Å². The molecule has 0 nitrogen and oxygen atoms in total.